The Bertz CT molecular complexity index is 488. The first kappa shape index (κ1) is 15.6. The average molecular weight is 317 g/mol. The van der Waals surface area contributed by atoms with Crippen LogP contribution < -0.4 is 0 Å². The number of nitrogens with zero attached hydrogens (tertiary/aromatic N) is 2. The summed E-state index contributed by atoms with van der Waals surface area (Å²) in [7, 11) is 0. The van der Waals surface area contributed by atoms with Gasteiger partial charge in [0.2, 0.25) is 0 Å². The minimum Gasteiger partial charge on any atom is -0.480 e. The van der Waals surface area contributed by atoms with Gasteiger partial charge in [-0.3, -0.25) is 14.6 Å². The summed E-state index contributed by atoms with van der Waals surface area (Å²) in [6, 6.07) is 5.05. The fourth-order valence-electron chi connectivity index (χ4n) is 2.37. The number of carboxylic acid groups (broad SMARTS) is 1. The lowest BCUT2D eigenvalue weighted by Crippen LogP contribution is -2.51. The third kappa shape index (κ3) is 3.85. The van der Waals surface area contributed by atoms with Crippen molar-refractivity contribution in [2.75, 3.05) is 26.2 Å². The number of piperazine rings is 1. The van der Waals surface area contributed by atoms with Gasteiger partial charge < -0.3 is 5.11 Å². The topological polar surface area (TPSA) is 43.8 Å². The Kier molecular flexibility index (Phi) is 5.27. The summed E-state index contributed by atoms with van der Waals surface area (Å²) in [6.07, 6.45) is 0. The number of rotatable bonds is 4. The van der Waals surface area contributed by atoms with Gasteiger partial charge in [-0.05, 0) is 30.7 Å². The number of halogens is 2. The average Bonchev–Trinajstić information content (AvgIpc) is 2.43. The summed E-state index contributed by atoms with van der Waals surface area (Å²) in [6.45, 7) is 5.65. The predicted octanol–water partition coefficient (Wildman–Crippen LogP) is 2.58. The molecule has 0 aliphatic carbocycles. The largest absolute Gasteiger partial charge is 0.480 e. The maximum absolute atomic E-state index is 11.0. The van der Waals surface area contributed by atoms with Gasteiger partial charge in [0.25, 0.3) is 0 Å². The van der Waals surface area contributed by atoms with Crippen LogP contribution in [0.2, 0.25) is 10.0 Å². The summed E-state index contributed by atoms with van der Waals surface area (Å²) >= 11 is 12.1. The second-order valence-electron chi connectivity index (χ2n) is 5.06. The smallest absolute Gasteiger partial charge is 0.320 e. The molecule has 1 heterocycles. The Labute approximate surface area is 128 Å². The zero-order valence-corrected chi connectivity index (χ0v) is 12.9. The van der Waals surface area contributed by atoms with E-state index < -0.39 is 12.0 Å². The van der Waals surface area contributed by atoms with E-state index in [9.17, 15) is 4.79 Å². The molecule has 0 aromatic heterocycles. The van der Waals surface area contributed by atoms with Gasteiger partial charge in [0.1, 0.15) is 6.04 Å². The van der Waals surface area contributed by atoms with Crippen molar-refractivity contribution in [1.82, 2.24) is 9.80 Å². The Morgan fingerprint density at radius 1 is 1.30 bits per heavy atom. The molecule has 1 N–H and O–H groups in total. The van der Waals surface area contributed by atoms with Crippen LogP contribution in [0, 0.1) is 0 Å². The van der Waals surface area contributed by atoms with E-state index in [0.29, 0.717) is 5.02 Å². The normalized spacial score (nSPS) is 18.9. The van der Waals surface area contributed by atoms with E-state index in [1.807, 2.05) is 17.0 Å². The highest BCUT2D eigenvalue weighted by molar-refractivity contribution is 6.33. The molecule has 4 nitrogen and oxygen atoms in total. The molecule has 0 spiro atoms. The summed E-state index contributed by atoms with van der Waals surface area (Å²) in [5, 5.41) is 10.4. The maximum atomic E-state index is 11.0. The van der Waals surface area contributed by atoms with Crippen molar-refractivity contribution in [2.24, 2.45) is 0 Å². The molecule has 0 bridgehead atoms. The summed E-state index contributed by atoms with van der Waals surface area (Å²) in [5.41, 5.74) is 1.01. The zero-order chi connectivity index (χ0) is 14.7. The first-order valence-corrected chi connectivity index (χ1v) is 7.36. The van der Waals surface area contributed by atoms with Crippen molar-refractivity contribution < 1.29 is 9.90 Å². The Morgan fingerprint density at radius 2 is 1.95 bits per heavy atom. The lowest BCUT2D eigenvalue weighted by atomic mass is 10.1. The minimum atomic E-state index is -0.767. The molecule has 1 aromatic carbocycles. The molecule has 2 rings (SSSR count). The first-order chi connectivity index (χ1) is 9.47. The molecule has 1 fully saturated rings. The number of hydrogen-bond acceptors (Lipinski definition) is 3. The van der Waals surface area contributed by atoms with Gasteiger partial charge in [0, 0.05) is 42.8 Å². The number of hydrogen-bond donors (Lipinski definition) is 1. The van der Waals surface area contributed by atoms with Gasteiger partial charge in [-0.2, -0.15) is 0 Å². The van der Waals surface area contributed by atoms with Gasteiger partial charge in [-0.1, -0.05) is 23.2 Å². The van der Waals surface area contributed by atoms with Crippen molar-refractivity contribution in [3.63, 3.8) is 0 Å². The lowest BCUT2D eigenvalue weighted by molar-refractivity contribution is -0.143. The fourth-order valence-corrected chi connectivity index (χ4v) is 2.74. The van der Waals surface area contributed by atoms with Gasteiger partial charge in [0.05, 0.1) is 0 Å². The number of aliphatic carboxylic acids is 1. The Hall–Kier alpha value is -0.810. The molecular formula is C14H18Cl2N2O2. The van der Waals surface area contributed by atoms with E-state index in [1.165, 1.54) is 0 Å². The van der Waals surface area contributed by atoms with Crippen LogP contribution >= 0.6 is 23.2 Å². The monoisotopic (exact) mass is 316 g/mol. The van der Waals surface area contributed by atoms with E-state index >= 15 is 0 Å². The van der Waals surface area contributed by atoms with Crippen molar-refractivity contribution in [3.8, 4) is 0 Å². The quantitative estimate of drug-likeness (QED) is 0.927. The molecule has 0 saturated carbocycles. The van der Waals surface area contributed by atoms with Crippen molar-refractivity contribution in [1.29, 1.82) is 0 Å². The highest BCUT2D eigenvalue weighted by Crippen LogP contribution is 2.22. The second kappa shape index (κ2) is 6.76. The maximum Gasteiger partial charge on any atom is 0.320 e. The van der Waals surface area contributed by atoms with Crippen molar-refractivity contribution in [3.05, 3.63) is 33.8 Å². The second-order valence-corrected chi connectivity index (χ2v) is 5.91. The van der Waals surface area contributed by atoms with Crippen LogP contribution in [0.25, 0.3) is 0 Å². The van der Waals surface area contributed by atoms with E-state index in [1.54, 1.807) is 13.0 Å². The molecule has 0 amide bonds. The van der Waals surface area contributed by atoms with Crippen LogP contribution in [0.15, 0.2) is 18.2 Å². The van der Waals surface area contributed by atoms with E-state index in [2.05, 4.69) is 4.90 Å². The molecule has 1 unspecified atom stereocenters. The third-order valence-electron chi connectivity index (χ3n) is 3.71. The number of carboxylic acids is 1. The minimum absolute atomic E-state index is 0.424. The van der Waals surface area contributed by atoms with Gasteiger partial charge in [-0.15, -0.1) is 0 Å². The first-order valence-electron chi connectivity index (χ1n) is 6.60. The molecule has 6 heteroatoms. The predicted molar refractivity (Wildman–Crippen MR) is 80.4 cm³/mol. The van der Waals surface area contributed by atoms with E-state index in [0.717, 1.165) is 43.3 Å². The standard InChI is InChI=1S/C14H18Cl2N2O2/c1-10(14(19)20)18-6-4-17(5-7-18)9-11-8-12(15)2-3-13(11)16/h2-3,8,10H,4-7,9H2,1H3,(H,19,20). The SMILES string of the molecule is CC(C(=O)O)N1CCN(Cc2cc(Cl)ccc2Cl)CC1. The number of carbonyl (C=O) groups is 1. The summed E-state index contributed by atoms with van der Waals surface area (Å²) < 4.78 is 0. The lowest BCUT2D eigenvalue weighted by Gasteiger charge is -2.36. The molecular weight excluding hydrogens is 299 g/mol. The third-order valence-corrected chi connectivity index (χ3v) is 4.32. The number of benzene rings is 1. The van der Waals surface area contributed by atoms with Crippen LogP contribution in [-0.4, -0.2) is 53.1 Å². The molecule has 1 aliphatic heterocycles. The fraction of sp³-hybridized carbons (Fsp3) is 0.500. The zero-order valence-electron chi connectivity index (χ0n) is 11.4. The van der Waals surface area contributed by atoms with Crippen molar-refractivity contribution >= 4 is 29.2 Å². The van der Waals surface area contributed by atoms with Crippen LogP contribution in [-0.2, 0) is 11.3 Å². The molecule has 0 radical (unpaired) electrons. The van der Waals surface area contributed by atoms with Gasteiger partial charge in [-0.25, -0.2) is 0 Å². The Balaban J connectivity index is 1.91. The molecule has 110 valence electrons. The van der Waals surface area contributed by atoms with Gasteiger partial charge >= 0.3 is 5.97 Å². The Morgan fingerprint density at radius 3 is 2.55 bits per heavy atom. The molecule has 20 heavy (non-hydrogen) atoms. The van der Waals surface area contributed by atoms with Crippen LogP contribution in [0.3, 0.4) is 0 Å². The molecule has 1 atom stereocenters. The molecule has 1 saturated heterocycles. The molecule has 1 aliphatic rings. The van der Waals surface area contributed by atoms with Crippen molar-refractivity contribution in [2.45, 2.75) is 19.5 Å². The van der Waals surface area contributed by atoms with E-state index in [4.69, 9.17) is 28.3 Å². The van der Waals surface area contributed by atoms with Gasteiger partial charge in [0.15, 0.2) is 0 Å². The van der Waals surface area contributed by atoms with Crippen LogP contribution in [0.4, 0.5) is 0 Å². The highest BCUT2D eigenvalue weighted by Gasteiger charge is 2.25. The summed E-state index contributed by atoms with van der Waals surface area (Å²) in [5.74, 6) is -0.767. The van der Waals surface area contributed by atoms with E-state index in [-0.39, 0.29) is 0 Å². The summed E-state index contributed by atoms with van der Waals surface area (Å²) in [4.78, 5) is 15.2. The van der Waals surface area contributed by atoms with Crippen LogP contribution in [0.5, 0.6) is 0 Å². The highest BCUT2D eigenvalue weighted by atomic mass is 35.5. The molecule has 1 aromatic rings. The van der Waals surface area contributed by atoms with Crippen LogP contribution in [0.1, 0.15) is 12.5 Å².